The van der Waals surface area contributed by atoms with Crippen LogP contribution in [-0.4, -0.2) is 20.9 Å². The summed E-state index contributed by atoms with van der Waals surface area (Å²) < 4.78 is 0. The molecule has 0 aliphatic heterocycles. The molecule has 5 heteroatoms. The van der Waals surface area contributed by atoms with Gasteiger partial charge in [-0.3, -0.25) is 9.78 Å². The number of rotatable bonds is 3. The van der Waals surface area contributed by atoms with Gasteiger partial charge in [-0.2, -0.15) is 0 Å². The number of hydrogen-bond acceptors (Lipinski definition) is 4. The standard InChI is InChI=1S/C20H15N2.C17H26O2.Ir/c1-13-7-6-10-16-14(2)11-17-19(15-8-4-3-5-9-15)21-12-22-20(17)18(13)16;1-16(2,3)14(18)7-15(19)17-8-11-4-12(9-17)6-13(5-11)10-17;/h3-8,10-12H,1-2H3;7,11-13,19H,4-6,8-10H2,1-3H3;/q-1;;/b;15-7-;. The molecule has 4 aromatic rings. The molecule has 221 valence electrons. The van der Waals surface area contributed by atoms with Gasteiger partial charge in [-0.05, 0) is 97.7 Å². The first-order valence-corrected chi connectivity index (χ1v) is 15.1. The summed E-state index contributed by atoms with van der Waals surface area (Å²) in [5.41, 5.74) is 5.01. The molecule has 8 rings (SSSR count). The number of nitrogens with zero attached hydrogens (tertiary/aromatic N) is 2. The third-order valence-electron chi connectivity index (χ3n) is 9.73. The molecule has 3 aromatic carbocycles. The second-order valence-electron chi connectivity index (χ2n) is 13.9. The van der Waals surface area contributed by atoms with Gasteiger partial charge in [0.05, 0.1) is 5.52 Å². The van der Waals surface area contributed by atoms with Gasteiger partial charge in [0.2, 0.25) is 0 Å². The van der Waals surface area contributed by atoms with Crippen molar-refractivity contribution in [2.24, 2.45) is 28.6 Å². The van der Waals surface area contributed by atoms with Crippen LogP contribution in [0.1, 0.15) is 70.4 Å². The summed E-state index contributed by atoms with van der Waals surface area (Å²) in [6.07, 6.45) is 10.6. The number of fused-ring (bicyclic) bond motifs is 3. The van der Waals surface area contributed by atoms with E-state index in [1.165, 1.54) is 41.2 Å². The average Bonchev–Trinajstić information content (AvgIpc) is 2.92. The molecule has 4 aliphatic rings. The average molecular weight is 738 g/mol. The van der Waals surface area contributed by atoms with Crippen molar-refractivity contribution in [3.63, 3.8) is 0 Å². The third-order valence-corrected chi connectivity index (χ3v) is 9.73. The number of allylic oxidation sites excluding steroid dienone is 2. The minimum atomic E-state index is -0.393. The number of hydrogen-bond donors (Lipinski definition) is 1. The summed E-state index contributed by atoms with van der Waals surface area (Å²) in [5, 5.41) is 14.2. The number of aryl methyl sites for hydroxylation is 2. The maximum atomic E-state index is 12.1. The first kappa shape index (κ1) is 30.6. The molecule has 4 nitrogen and oxygen atoms in total. The Bertz CT molecular complexity index is 1620. The molecular formula is C37H41IrN2O2-. The van der Waals surface area contributed by atoms with Gasteiger partial charge in [0.15, 0.2) is 5.78 Å². The molecule has 1 aromatic heterocycles. The fourth-order valence-electron chi connectivity index (χ4n) is 8.01. The van der Waals surface area contributed by atoms with Crippen LogP contribution in [0.25, 0.3) is 32.9 Å². The van der Waals surface area contributed by atoms with Crippen LogP contribution in [0.15, 0.2) is 66.7 Å². The van der Waals surface area contributed by atoms with Crippen molar-refractivity contribution < 1.29 is 30.0 Å². The summed E-state index contributed by atoms with van der Waals surface area (Å²) in [6, 6.07) is 19.8. The SMILES string of the molecule is CC(C)(C)C(=O)/C=C(\O)C12CC3CC(CC(C3)C1)C2.Cc1cc2c(-c3[c-]cccc3)ncnc2c2c(C)cccc12.[Ir]. The fraction of sp³-hybridized carbons (Fsp3) is 0.432. The normalized spacial score (nSPS) is 24.7. The maximum Gasteiger partial charge on any atom is 0.164 e. The van der Waals surface area contributed by atoms with Crippen LogP contribution in [0, 0.1) is 48.5 Å². The second kappa shape index (κ2) is 11.7. The maximum absolute atomic E-state index is 12.1. The van der Waals surface area contributed by atoms with Gasteiger partial charge in [0, 0.05) is 42.4 Å². The minimum absolute atomic E-state index is 0. The molecule has 0 saturated heterocycles. The van der Waals surface area contributed by atoms with Crippen LogP contribution in [0.3, 0.4) is 0 Å². The Morgan fingerprint density at radius 1 is 0.929 bits per heavy atom. The molecular weight excluding hydrogens is 697 g/mol. The number of carbonyl (C=O) groups is 1. The zero-order valence-electron chi connectivity index (χ0n) is 25.3. The molecule has 1 radical (unpaired) electrons. The molecule has 1 heterocycles. The smallest absolute Gasteiger partial charge is 0.164 e. The van der Waals surface area contributed by atoms with Gasteiger partial charge in [0.25, 0.3) is 0 Å². The fourth-order valence-corrected chi connectivity index (χ4v) is 8.01. The Hall–Kier alpha value is -2.88. The number of aliphatic hydroxyl groups excluding tert-OH is 1. The van der Waals surface area contributed by atoms with Crippen molar-refractivity contribution in [3.8, 4) is 11.3 Å². The van der Waals surface area contributed by atoms with E-state index < -0.39 is 5.41 Å². The number of aliphatic hydroxyl groups is 1. The Labute approximate surface area is 263 Å². The molecule has 0 atom stereocenters. The first-order chi connectivity index (χ1) is 19.5. The van der Waals surface area contributed by atoms with Crippen molar-refractivity contribution in [1.82, 2.24) is 9.97 Å². The Balaban J connectivity index is 0.000000166. The topological polar surface area (TPSA) is 63.1 Å². The molecule has 4 fully saturated rings. The van der Waals surface area contributed by atoms with Crippen LogP contribution in [0.5, 0.6) is 0 Å². The van der Waals surface area contributed by atoms with Crippen LogP contribution in [-0.2, 0) is 24.9 Å². The molecule has 0 unspecified atom stereocenters. The van der Waals surface area contributed by atoms with Gasteiger partial charge in [0.1, 0.15) is 12.1 Å². The van der Waals surface area contributed by atoms with Gasteiger partial charge >= 0.3 is 0 Å². The second-order valence-corrected chi connectivity index (χ2v) is 13.9. The van der Waals surface area contributed by atoms with E-state index in [0.717, 1.165) is 59.2 Å². The zero-order valence-corrected chi connectivity index (χ0v) is 27.7. The van der Waals surface area contributed by atoms with Gasteiger partial charge < -0.3 is 5.11 Å². The Kier molecular flexibility index (Phi) is 8.49. The van der Waals surface area contributed by atoms with Crippen molar-refractivity contribution in [2.75, 3.05) is 0 Å². The monoisotopic (exact) mass is 738 g/mol. The number of carbonyl (C=O) groups excluding carboxylic acids is 1. The van der Waals surface area contributed by atoms with Crippen LogP contribution < -0.4 is 0 Å². The predicted molar refractivity (Wildman–Crippen MR) is 167 cm³/mol. The van der Waals surface area contributed by atoms with Crippen molar-refractivity contribution in [1.29, 1.82) is 0 Å². The van der Waals surface area contributed by atoms with E-state index in [0.29, 0.717) is 5.76 Å². The van der Waals surface area contributed by atoms with E-state index in [-0.39, 0.29) is 31.3 Å². The summed E-state index contributed by atoms with van der Waals surface area (Å²) in [7, 11) is 0. The number of benzene rings is 3. The number of aromatic nitrogens is 2. The van der Waals surface area contributed by atoms with E-state index in [4.69, 9.17) is 0 Å². The van der Waals surface area contributed by atoms with Crippen LogP contribution in [0.2, 0.25) is 0 Å². The van der Waals surface area contributed by atoms with E-state index in [9.17, 15) is 9.90 Å². The molecule has 4 bridgehead atoms. The molecule has 4 saturated carbocycles. The summed E-state index contributed by atoms with van der Waals surface area (Å²) in [4.78, 5) is 21.2. The summed E-state index contributed by atoms with van der Waals surface area (Å²) in [6.45, 7) is 10.0. The van der Waals surface area contributed by atoms with E-state index in [2.05, 4.69) is 54.1 Å². The van der Waals surface area contributed by atoms with Crippen molar-refractivity contribution in [2.45, 2.75) is 73.1 Å². The van der Waals surface area contributed by atoms with Crippen molar-refractivity contribution >= 4 is 27.5 Å². The Morgan fingerprint density at radius 2 is 1.60 bits per heavy atom. The zero-order chi connectivity index (χ0) is 28.9. The van der Waals surface area contributed by atoms with E-state index >= 15 is 0 Å². The third kappa shape index (κ3) is 5.71. The molecule has 0 spiro atoms. The predicted octanol–water partition coefficient (Wildman–Crippen LogP) is 9.12. The summed E-state index contributed by atoms with van der Waals surface area (Å²) >= 11 is 0. The quantitative estimate of drug-likeness (QED) is 0.0987. The van der Waals surface area contributed by atoms with E-state index in [1.54, 1.807) is 12.4 Å². The van der Waals surface area contributed by atoms with Gasteiger partial charge in [-0.25, -0.2) is 4.98 Å². The number of ketones is 1. The van der Waals surface area contributed by atoms with Gasteiger partial charge in [-0.15, -0.1) is 35.9 Å². The largest absolute Gasteiger partial charge is 0.512 e. The van der Waals surface area contributed by atoms with E-state index in [1.807, 2.05) is 45.0 Å². The Morgan fingerprint density at radius 3 is 2.19 bits per heavy atom. The molecule has 4 aliphatic carbocycles. The van der Waals surface area contributed by atoms with Crippen LogP contribution >= 0.6 is 0 Å². The minimum Gasteiger partial charge on any atom is -0.512 e. The summed E-state index contributed by atoms with van der Waals surface area (Å²) in [5.74, 6) is 2.84. The van der Waals surface area contributed by atoms with Crippen molar-refractivity contribution in [3.05, 3.63) is 83.9 Å². The molecule has 0 amide bonds. The molecule has 42 heavy (non-hydrogen) atoms. The molecule has 1 N–H and O–H groups in total. The van der Waals surface area contributed by atoms with Gasteiger partial charge in [-0.1, -0.05) is 45.0 Å². The van der Waals surface area contributed by atoms with Crippen LogP contribution in [0.4, 0.5) is 0 Å². The first-order valence-electron chi connectivity index (χ1n) is 15.1.